The number of ketones is 1. The number of fused-ring (bicyclic) bond motifs is 6. The van der Waals surface area contributed by atoms with E-state index in [9.17, 15) is 4.79 Å². The van der Waals surface area contributed by atoms with E-state index in [1.807, 2.05) is 0 Å². The Kier molecular flexibility index (Phi) is 2.80. The first-order valence-corrected chi connectivity index (χ1v) is 8.28. The molecule has 0 N–H and O–H groups in total. The van der Waals surface area contributed by atoms with Gasteiger partial charge in [0.15, 0.2) is 0 Å². The van der Waals surface area contributed by atoms with Gasteiger partial charge in [0.2, 0.25) is 0 Å². The molecule has 1 aromatic rings. The first-order chi connectivity index (χ1) is 9.67. The zero-order valence-electron chi connectivity index (χ0n) is 12.4. The molecule has 4 atom stereocenters. The van der Waals surface area contributed by atoms with Gasteiger partial charge in [0.25, 0.3) is 0 Å². The zero-order chi connectivity index (χ0) is 13.7. The largest absolute Gasteiger partial charge is 0.299 e. The number of hydrogen-bond donors (Lipinski definition) is 0. The Morgan fingerprint density at radius 2 is 1.95 bits per heavy atom. The predicted molar refractivity (Wildman–Crippen MR) is 80.7 cm³/mol. The quantitative estimate of drug-likeness (QED) is 0.677. The Labute approximate surface area is 121 Å². The first kappa shape index (κ1) is 12.6. The van der Waals surface area contributed by atoms with Crippen molar-refractivity contribution in [2.45, 2.75) is 57.8 Å². The summed E-state index contributed by atoms with van der Waals surface area (Å²) in [5.74, 6) is 2.89. The van der Waals surface area contributed by atoms with Gasteiger partial charge in [-0.1, -0.05) is 31.2 Å². The summed E-state index contributed by atoms with van der Waals surface area (Å²) >= 11 is 0. The van der Waals surface area contributed by atoms with Crippen LogP contribution < -0.4 is 0 Å². The fourth-order valence-electron chi connectivity index (χ4n) is 5.31. The minimum Gasteiger partial charge on any atom is -0.299 e. The van der Waals surface area contributed by atoms with Gasteiger partial charge in [-0.05, 0) is 67.4 Å². The molecule has 3 aliphatic rings. The van der Waals surface area contributed by atoms with Crippen molar-refractivity contribution in [3.8, 4) is 0 Å². The molecule has 106 valence electrons. The van der Waals surface area contributed by atoms with Gasteiger partial charge >= 0.3 is 0 Å². The van der Waals surface area contributed by atoms with Gasteiger partial charge in [0, 0.05) is 11.8 Å². The van der Waals surface area contributed by atoms with Crippen LogP contribution in [0, 0.1) is 17.3 Å². The molecular weight excluding hydrogens is 244 g/mol. The summed E-state index contributed by atoms with van der Waals surface area (Å²) < 4.78 is 0. The first-order valence-electron chi connectivity index (χ1n) is 8.28. The van der Waals surface area contributed by atoms with Gasteiger partial charge in [-0.25, -0.2) is 0 Å². The molecule has 2 saturated carbocycles. The molecule has 0 saturated heterocycles. The number of rotatable bonds is 0. The Morgan fingerprint density at radius 1 is 1.10 bits per heavy atom. The lowest BCUT2D eigenvalue weighted by Crippen LogP contribution is -2.36. The molecule has 0 aliphatic heterocycles. The highest BCUT2D eigenvalue weighted by Gasteiger charge is 2.47. The van der Waals surface area contributed by atoms with Crippen LogP contribution in [0.3, 0.4) is 0 Å². The molecular formula is C19H24O. The molecule has 0 spiro atoms. The maximum absolute atomic E-state index is 12.3. The fraction of sp³-hybridized carbons (Fsp3) is 0.632. The van der Waals surface area contributed by atoms with E-state index in [1.54, 1.807) is 11.1 Å². The Morgan fingerprint density at radius 3 is 2.85 bits per heavy atom. The van der Waals surface area contributed by atoms with Gasteiger partial charge in [-0.2, -0.15) is 0 Å². The van der Waals surface area contributed by atoms with Crippen LogP contribution in [0.25, 0.3) is 0 Å². The number of hydrogen-bond acceptors (Lipinski definition) is 1. The molecule has 1 heteroatoms. The van der Waals surface area contributed by atoms with E-state index in [0.717, 1.165) is 43.4 Å². The lowest BCUT2D eigenvalue weighted by molar-refractivity contribution is -0.132. The summed E-state index contributed by atoms with van der Waals surface area (Å²) in [4.78, 5) is 12.3. The fourth-order valence-corrected chi connectivity index (χ4v) is 5.31. The van der Waals surface area contributed by atoms with Crippen LogP contribution in [0.5, 0.6) is 0 Å². The van der Waals surface area contributed by atoms with Crippen molar-refractivity contribution in [2.75, 3.05) is 0 Å². The molecule has 1 aromatic carbocycles. The Hall–Kier alpha value is -1.11. The highest BCUT2D eigenvalue weighted by molar-refractivity contribution is 5.85. The van der Waals surface area contributed by atoms with Crippen LogP contribution in [-0.4, -0.2) is 5.78 Å². The van der Waals surface area contributed by atoms with Gasteiger partial charge in [-0.15, -0.1) is 0 Å². The van der Waals surface area contributed by atoms with Crippen LogP contribution in [0.15, 0.2) is 24.3 Å². The highest BCUT2D eigenvalue weighted by atomic mass is 16.1. The van der Waals surface area contributed by atoms with Crippen LogP contribution in [0.1, 0.15) is 62.5 Å². The Bertz CT molecular complexity index is 546. The van der Waals surface area contributed by atoms with Crippen LogP contribution in [0.4, 0.5) is 0 Å². The summed E-state index contributed by atoms with van der Waals surface area (Å²) in [7, 11) is 0. The number of aryl methyl sites for hydroxylation is 1. The molecule has 1 nitrogen and oxygen atoms in total. The second kappa shape index (κ2) is 4.44. The van der Waals surface area contributed by atoms with E-state index < -0.39 is 0 Å². The van der Waals surface area contributed by atoms with Crippen molar-refractivity contribution in [3.05, 3.63) is 35.4 Å². The maximum atomic E-state index is 12.3. The molecule has 0 heterocycles. The number of Topliss-reactive ketones (excluding diaryl/α,β-unsaturated/α-hetero) is 1. The third-order valence-corrected chi connectivity index (χ3v) is 6.46. The summed E-state index contributed by atoms with van der Waals surface area (Å²) in [6, 6.07) is 9.05. The highest BCUT2D eigenvalue weighted by Crippen LogP contribution is 2.54. The smallest absolute Gasteiger partial charge is 0.138 e. The lowest BCUT2D eigenvalue weighted by atomic mass is 9.64. The molecule has 4 rings (SSSR count). The molecule has 2 bridgehead atoms. The van der Waals surface area contributed by atoms with Crippen molar-refractivity contribution in [2.24, 2.45) is 17.3 Å². The molecule has 0 aromatic heterocycles. The van der Waals surface area contributed by atoms with Gasteiger partial charge in [0.1, 0.15) is 5.78 Å². The van der Waals surface area contributed by atoms with Crippen molar-refractivity contribution in [3.63, 3.8) is 0 Å². The van der Waals surface area contributed by atoms with Crippen LogP contribution >= 0.6 is 0 Å². The van der Waals surface area contributed by atoms with Crippen molar-refractivity contribution in [1.29, 1.82) is 0 Å². The number of carbonyl (C=O) groups is 1. The molecule has 20 heavy (non-hydrogen) atoms. The third-order valence-electron chi connectivity index (χ3n) is 6.46. The standard InChI is InChI=1S/C19H24O/c1-19-11-10-17-15-5-3-2-4-13(15)6-8-16(17)14(12-19)7-9-18(19)20/h2-5,14,16-17H,6-12H2,1H3/t14-,16+,17-,19+/m1/s1. The summed E-state index contributed by atoms with van der Waals surface area (Å²) in [6.07, 6.45) is 8.08. The van der Waals surface area contributed by atoms with E-state index in [2.05, 4.69) is 31.2 Å². The molecule has 0 radical (unpaired) electrons. The second-order valence-electron chi connectivity index (χ2n) is 7.53. The summed E-state index contributed by atoms with van der Waals surface area (Å²) in [5, 5.41) is 0. The van der Waals surface area contributed by atoms with Crippen LogP contribution in [0.2, 0.25) is 0 Å². The topological polar surface area (TPSA) is 17.1 Å². The normalized spacial score (nSPS) is 39.6. The van der Waals surface area contributed by atoms with Crippen molar-refractivity contribution >= 4 is 5.78 Å². The SMILES string of the molecule is C[C@@]12CC[C@@H]3c4ccccc4CC[C@H]3[C@H](CCC1=O)C2. The van der Waals surface area contributed by atoms with E-state index in [1.165, 1.54) is 19.3 Å². The van der Waals surface area contributed by atoms with E-state index in [0.29, 0.717) is 5.78 Å². The summed E-state index contributed by atoms with van der Waals surface area (Å²) in [6.45, 7) is 2.24. The molecule has 0 unspecified atom stereocenters. The minimum atomic E-state index is -0.00476. The molecule has 2 fully saturated rings. The summed E-state index contributed by atoms with van der Waals surface area (Å²) in [5.41, 5.74) is 3.17. The Balaban J connectivity index is 1.74. The van der Waals surface area contributed by atoms with Gasteiger partial charge < -0.3 is 0 Å². The van der Waals surface area contributed by atoms with Crippen molar-refractivity contribution < 1.29 is 4.79 Å². The molecule has 0 amide bonds. The lowest BCUT2D eigenvalue weighted by Gasteiger charge is -2.40. The van der Waals surface area contributed by atoms with Gasteiger partial charge in [0.05, 0.1) is 0 Å². The van der Waals surface area contributed by atoms with E-state index in [4.69, 9.17) is 0 Å². The monoisotopic (exact) mass is 268 g/mol. The van der Waals surface area contributed by atoms with E-state index >= 15 is 0 Å². The average Bonchev–Trinajstić information content (AvgIpc) is 2.59. The molecule has 3 aliphatic carbocycles. The van der Waals surface area contributed by atoms with Gasteiger partial charge in [-0.3, -0.25) is 4.79 Å². The minimum absolute atomic E-state index is 0.00476. The zero-order valence-corrected chi connectivity index (χ0v) is 12.4. The maximum Gasteiger partial charge on any atom is 0.138 e. The second-order valence-corrected chi connectivity index (χ2v) is 7.53. The van der Waals surface area contributed by atoms with Crippen molar-refractivity contribution in [1.82, 2.24) is 0 Å². The van der Waals surface area contributed by atoms with E-state index in [-0.39, 0.29) is 5.41 Å². The average molecular weight is 268 g/mol. The number of carbonyl (C=O) groups excluding carboxylic acids is 1. The van der Waals surface area contributed by atoms with Crippen LogP contribution in [-0.2, 0) is 11.2 Å². The third kappa shape index (κ3) is 1.78. The predicted octanol–water partition coefficient (Wildman–Crippen LogP) is 4.50. The number of benzene rings is 1.